The lowest BCUT2D eigenvalue weighted by molar-refractivity contribution is 0.668. The Hall–Kier alpha value is -10.2. The molecule has 0 aliphatic carbocycles. The van der Waals surface area contributed by atoms with Crippen LogP contribution in [0.3, 0.4) is 0 Å². The zero-order valence-electron chi connectivity index (χ0n) is 45.7. The molecular formula is C72H44N2O2. The van der Waals surface area contributed by atoms with Gasteiger partial charge in [0.1, 0.15) is 22.3 Å². The Kier molecular flexibility index (Phi) is 8.25. The maximum absolute atomic E-state index is 9.36. The third kappa shape index (κ3) is 6.31. The molecule has 4 heteroatoms. The molecule has 0 fully saturated rings. The third-order valence-electron chi connectivity index (χ3n) is 15.5. The first-order valence-electron chi connectivity index (χ1n) is 28.1. The van der Waals surface area contributed by atoms with Gasteiger partial charge in [-0.2, -0.15) is 0 Å². The normalized spacial score (nSPS) is 12.9. The standard InChI is InChI=1S/C72H44N2O2/c1-2-19-46(20-3-1)73-64-41-39-45(43-60(64)61-44-47(40-42-65(61)73)74-62-33-12-8-25-52(62)53-26-9-13-34-63(53)74)70-54(48-21-4-6-23-50(48)56-31-17-37-68-71(56)58-27-10-14-35-66(58)75-68)29-16-30-55(70)49-22-5-7-24-51(49)57-32-18-38-69-72(57)59-28-11-15-36-67(59)76-69/h1-44H/i1D,2D,3D,19D,20D. The lowest BCUT2D eigenvalue weighted by Crippen LogP contribution is -1.96. The molecule has 0 atom stereocenters. The van der Waals surface area contributed by atoms with Gasteiger partial charge in [0.15, 0.2) is 0 Å². The van der Waals surface area contributed by atoms with Crippen LogP contribution in [0.2, 0.25) is 0 Å². The molecule has 16 aromatic rings. The van der Waals surface area contributed by atoms with Crippen LogP contribution in [-0.2, 0) is 0 Å². The fraction of sp³-hybridized carbons (Fsp3) is 0. The Balaban J connectivity index is 1.02. The van der Waals surface area contributed by atoms with Crippen molar-refractivity contribution in [2.75, 3.05) is 0 Å². The average molecular weight is 974 g/mol. The van der Waals surface area contributed by atoms with E-state index in [1.165, 1.54) is 0 Å². The predicted octanol–water partition coefficient (Wildman–Crippen LogP) is 20.0. The van der Waals surface area contributed by atoms with Gasteiger partial charge in [-0.15, -0.1) is 0 Å². The Morgan fingerprint density at radius 2 is 0.671 bits per heavy atom. The second kappa shape index (κ2) is 16.7. The van der Waals surface area contributed by atoms with E-state index in [-0.39, 0.29) is 17.8 Å². The van der Waals surface area contributed by atoms with E-state index < -0.39 is 18.1 Å². The van der Waals surface area contributed by atoms with E-state index in [2.05, 4.69) is 199 Å². The van der Waals surface area contributed by atoms with E-state index >= 15 is 0 Å². The monoisotopic (exact) mass is 973 g/mol. The molecule has 0 bridgehead atoms. The molecule has 0 aliphatic rings. The summed E-state index contributed by atoms with van der Waals surface area (Å²) in [4.78, 5) is 0. The Morgan fingerprint density at radius 3 is 1.24 bits per heavy atom. The smallest absolute Gasteiger partial charge is 0.136 e. The first-order chi connectivity index (χ1) is 39.8. The number of aromatic nitrogens is 2. The summed E-state index contributed by atoms with van der Waals surface area (Å²) in [5.41, 5.74) is 18.0. The number of furan rings is 2. The van der Waals surface area contributed by atoms with Gasteiger partial charge < -0.3 is 18.0 Å². The summed E-state index contributed by atoms with van der Waals surface area (Å²) >= 11 is 0. The summed E-state index contributed by atoms with van der Waals surface area (Å²) in [6.45, 7) is 0. The second-order valence-electron chi connectivity index (χ2n) is 19.5. The fourth-order valence-electron chi connectivity index (χ4n) is 12.3. The summed E-state index contributed by atoms with van der Waals surface area (Å²) in [6, 6.07) is 80.6. The molecule has 16 rings (SSSR count). The first-order valence-corrected chi connectivity index (χ1v) is 25.6. The molecule has 4 nitrogen and oxygen atoms in total. The van der Waals surface area contributed by atoms with Crippen molar-refractivity contribution in [1.29, 1.82) is 0 Å². The van der Waals surface area contributed by atoms with Crippen LogP contribution >= 0.6 is 0 Å². The summed E-state index contributed by atoms with van der Waals surface area (Å²) in [7, 11) is 0. The number of benzene rings is 12. The van der Waals surface area contributed by atoms with Crippen molar-refractivity contribution in [3.05, 3.63) is 267 Å². The molecule has 4 aromatic heterocycles. The molecule has 0 spiro atoms. The maximum atomic E-state index is 9.36. The zero-order valence-corrected chi connectivity index (χ0v) is 40.7. The minimum absolute atomic E-state index is 0.0872. The van der Waals surface area contributed by atoms with E-state index in [1.54, 1.807) is 0 Å². The number of nitrogens with zero attached hydrogens (tertiary/aromatic N) is 2. The number of fused-ring (bicyclic) bond motifs is 12. The molecule has 76 heavy (non-hydrogen) atoms. The number of rotatable bonds is 7. The molecule has 0 aliphatic heterocycles. The highest BCUT2D eigenvalue weighted by atomic mass is 16.3. The van der Waals surface area contributed by atoms with Crippen LogP contribution in [0, 0.1) is 0 Å². The van der Waals surface area contributed by atoms with Crippen LogP contribution in [0.1, 0.15) is 6.85 Å². The highest BCUT2D eigenvalue weighted by Crippen LogP contribution is 2.50. The Bertz CT molecular complexity index is 5070. The SMILES string of the molecule is [2H]c1c([2H])c([2H])c(-n2c3ccc(-c4c(-c5ccccc5-c5cccc6oc7ccccc7c56)cccc4-c4ccccc4-c4cccc5oc6ccccc6c45)cc3c3cc(-n4c5ccccc5c5ccccc54)ccc32)c([2H])c1[2H]. The molecule has 0 saturated carbocycles. The van der Waals surface area contributed by atoms with E-state index in [4.69, 9.17) is 12.9 Å². The molecule has 0 unspecified atom stereocenters. The van der Waals surface area contributed by atoms with Gasteiger partial charge in [0.2, 0.25) is 0 Å². The number of hydrogen-bond donors (Lipinski definition) is 0. The summed E-state index contributed by atoms with van der Waals surface area (Å²) in [5.74, 6) is 0. The van der Waals surface area contributed by atoms with Crippen molar-refractivity contribution in [1.82, 2.24) is 9.13 Å². The zero-order chi connectivity index (χ0) is 54.2. The highest BCUT2D eigenvalue weighted by Gasteiger charge is 2.24. The first kappa shape index (κ1) is 37.6. The molecule has 12 aromatic carbocycles. The van der Waals surface area contributed by atoms with Crippen LogP contribution in [0.15, 0.2) is 276 Å². The van der Waals surface area contributed by atoms with Gasteiger partial charge in [-0.3, -0.25) is 0 Å². The van der Waals surface area contributed by atoms with Crippen LogP contribution in [0.5, 0.6) is 0 Å². The van der Waals surface area contributed by atoms with E-state index in [0.29, 0.717) is 11.0 Å². The molecule has 4 heterocycles. The largest absolute Gasteiger partial charge is 0.456 e. The van der Waals surface area contributed by atoms with Crippen molar-refractivity contribution in [2.45, 2.75) is 0 Å². The van der Waals surface area contributed by atoms with E-state index in [0.717, 1.165) is 138 Å². The van der Waals surface area contributed by atoms with Crippen molar-refractivity contribution in [2.24, 2.45) is 0 Å². The molecule has 0 amide bonds. The van der Waals surface area contributed by atoms with Crippen LogP contribution in [-0.4, -0.2) is 9.13 Å². The van der Waals surface area contributed by atoms with Crippen LogP contribution in [0.25, 0.3) is 154 Å². The van der Waals surface area contributed by atoms with E-state index in [9.17, 15) is 2.74 Å². The van der Waals surface area contributed by atoms with Crippen molar-refractivity contribution >= 4 is 87.5 Å². The lowest BCUT2D eigenvalue weighted by atomic mass is 9.82. The van der Waals surface area contributed by atoms with Gasteiger partial charge in [0.05, 0.1) is 28.9 Å². The van der Waals surface area contributed by atoms with Gasteiger partial charge in [0, 0.05) is 54.5 Å². The van der Waals surface area contributed by atoms with Crippen molar-refractivity contribution in [3.63, 3.8) is 0 Å². The second-order valence-corrected chi connectivity index (χ2v) is 19.5. The van der Waals surface area contributed by atoms with Gasteiger partial charge in [-0.05, 0) is 134 Å². The van der Waals surface area contributed by atoms with E-state index in [1.807, 2.05) is 47.0 Å². The molecule has 0 radical (unpaired) electrons. The quantitative estimate of drug-likeness (QED) is 0.160. The predicted molar refractivity (Wildman–Crippen MR) is 317 cm³/mol. The minimum atomic E-state index is -0.440. The lowest BCUT2D eigenvalue weighted by Gasteiger charge is -2.21. The fourth-order valence-corrected chi connectivity index (χ4v) is 12.3. The van der Waals surface area contributed by atoms with Crippen LogP contribution in [0.4, 0.5) is 0 Å². The van der Waals surface area contributed by atoms with Crippen molar-refractivity contribution < 1.29 is 15.7 Å². The molecule has 354 valence electrons. The highest BCUT2D eigenvalue weighted by molar-refractivity contribution is 6.18. The summed E-state index contributed by atoms with van der Waals surface area (Å²) < 4.78 is 62.2. The topological polar surface area (TPSA) is 36.1 Å². The van der Waals surface area contributed by atoms with Gasteiger partial charge in [-0.25, -0.2) is 0 Å². The summed E-state index contributed by atoms with van der Waals surface area (Å²) in [5, 5.41) is 8.16. The number of hydrogen-bond acceptors (Lipinski definition) is 2. The molecule has 0 N–H and O–H groups in total. The van der Waals surface area contributed by atoms with Gasteiger partial charge >= 0.3 is 0 Å². The van der Waals surface area contributed by atoms with Gasteiger partial charge in [0.25, 0.3) is 0 Å². The number of para-hydroxylation sites is 5. The van der Waals surface area contributed by atoms with Crippen LogP contribution < -0.4 is 0 Å². The third-order valence-corrected chi connectivity index (χ3v) is 15.5. The average Bonchev–Trinajstić information content (AvgIpc) is 4.49. The minimum Gasteiger partial charge on any atom is -0.456 e. The molecular weight excluding hydrogens is 925 g/mol. The maximum Gasteiger partial charge on any atom is 0.136 e. The Labute approximate surface area is 444 Å². The Morgan fingerprint density at radius 1 is 0.276 bits per heavy atom. The summed E-state index contributed by atoms with van der Waals surface area (Å²) in [6.07, 6.45) is 0. The van der Waals surface area contributed by atoms with Gasteiger partial charge in [-0.1, -0.05) is 188 Å². The molecule has 0 saturated heterocycles. The van der Waals surface area contributed by atoms with Crippen molar-refractivity contribution in [3.8, 4) is 67.0 Å².